The van der Waals surface area contributed by atoms with Crippen LogP contribution in [0.1, 0.15) is 33.6 Å². The van der Waals surface area contributed by atoms with E-state index < -0.39 is 0 Å². The third kappa shape index (κ3) is 10.7. The first-order chi connectivity index (χ1) is 5.06. The number of alkyl halides is 1. The van der Waals surface area contributed by atoms with Crippen molar-refractivity contribution in [2.75, 3.05) is 17.5 Å². The minimum atomic E-state index is 0.435. The van der Waals surface area contributed by atoms with E-state index in [9.17, 15) is 0 Å². The van der Waals surface area contributed by atoms with E-state index in [0.29, 0.717) is 5.41 Å². The minimum Gasteiger partial charge on any atom is -0.316 e. The maximum absolute atomic E-state index is 3.46. The Balaban J connectivity index is 3.02. The van der Waals surface area contributed by atoms with Gasteiger partial charge in [-0.3, -0.25) is 0 Å². The molecule has 0 unspecified atom stereocenters. The monoisotopic (exact) mass is 269 g/mol. The lowest BCUT2D eigenvalue weighted by atomic mass is 9.97. The highest BCUT2D eigenvalue weighted by Gasteiger charge is 2.07. The number of unbranched alkanes of at least 4 members (excludes halogenated alkanes) is 1. The second-order valence-electron chi connectivity index (χ2n) is 4.13. The van der Waals surface area contributed by atoms with Crippen molar-refractivity contribution in [3.05, 3.63) is 0 Å². The van der Waals surface area contributed by atoms with Crippen molar-refractivity contribution >= 4 is 22.6 Å². The van der Waals surface area contributed by atoms with E-state index in [1.807, 2.05) is 0 Å². The van der Waals surface area contributed by atoms with Gasteiger partial charge in [0.1, 0.15) is 0 Å². The molecule has 1 nitrogen and oxygen atoms in total. The first kappa shape index (κ1) is 11.7. The van der Waals surface area contributed by atoms with Crippen molar-refractivity contribution < 1.29 is 0 Å². The van der Waals surface area contributed by atoms with Gasteiger partial charge < -0.3 is 5.32 Å². The molecular formula is C9H20IN. The van der Waals surface area contributed by atoms with Crippen LogP contribution in [-0.2, 0) is 0 Å². The third-order valence-electron chi connectivity index (χ3n) is 1.39. The van der Waals surface area contributed by atoms with E-state index in [-0.39, 0.29) is 0 Å². The molecule has 0 saturated carbocycles. The molecule has 0 saturated heterocycles. The van der Waals surface area contributed by atoms with E-state index in [0.717, 1.165) is 6.54 Å². The number of hydrogen-bond donors (Lipinski definition) is 1. The summed E-state index contributed by atoms with van der Waals surface area (Å²) in [4.78, 5) is 0. The lowest BCUT2D eigenvalue weighted by Gasteiger charge is -2.18. The van der Waals surface area contributed by atoms with Crippen LogP contribution in [0, 0.1) is 5.41 Å². The van der Waals surface area contributed by atoms with Crippen LogP contribution in [0.2, 0.25) is 0 Å². The molecule has 0 radical (unpaired) electrons. The fourth-order valence-electron chi connectivity index (χ4n) is 0.808. The third-order valence-corrected chi connectivity index (χ3v) is 2.16. The Hall–Kier alpha value is 0.690. The Bertz CT molecular complexity index is 86.1. The Morgan fingerprint density at radius 1 is 1.18 bits per heavy atom. The summed E-state index contributed by atoms with van der Waals surface area (Å²) in [7, 11) is 0. The molecule has 2 heteroatoms. The van der Waals surface area contributed by atoms with Gasteiger partial charge >= 0.3 is 0 Å². The van der Waals surface area contributed by atoms with Gasteiger partial charge in [-0.2, -0.15) is 0 Å². The molecule has 0 spiro atoms. The summed E-state index contributed by atoms with van der Waals surface area (Å²) in [5, 5.41) is 3.46. The van der Waals surface area contributed by atoms with Crippen LogP contribution in [0.3, 0.4) is 0 Å². The first-order valence-corrected chi connectivity index (χ1v) is 5.85. The van der Waals surface area contributed by atoms with Gasteiger partial charge in [0.25, 0.3) is 0 Å². The number of rotatable bonds is 5. The molecule has 68 valence electrons. The van der Waals surface area contributed by atoms with E-state index in [1.54, 1.807) is 0 Å². The quantitative estimate of drug-likeness (QED) is 0.460. The summed E-state index contributed by atoms with van der Waals surface area (Å²) in [6, 6.07) is 0. The zero-order valence-corrected chi connectivity index (χ0v) is 10.1. The molecule has 0 aliphatic carbocycles. The zero-order chi connectivity index (χ0) is 8.74. The fraction of sp³-hybridized carbons (Fsp3) is 1.00. The van der Waals surface area contributed by atoms with Crippen molar-refractivity contribution in [1.29, 1.82) is 0 Å². The zero-order valence-electron chi connectivity index (χ0n) is 7.91. The molecule has 0 aliphatic rings. The van der Waals surface area contributed by atoms with Crippen LogP contribution in [-0.4, -0.2) is 17.5 Å². The molecular weight excluding hydrogens is 249 g/mol. The van der Waals surface area contributed by atoms with Crippen LogP contribution in [0.5, 0.6) is 0 Å². The summed E-state index contributed by atoms with van der Waals surface area (Å²) in [5.41, 5.74) is 0.435. The van der Waals surface area contributed by atoms with Crippen LogP contribution in [0.25, 0.3) is 0 Å². The normalized spacial score (nSPS) is 12.0. The molecule has 0 aromatic heterocycles. The maximum atomic E-state index is 3.46. The van der Waals surface area contributed by atoms with Gasteiger partial charge in [-0.1, -0.05) is 43.4 Å². The molecule has 0 bridgehead atoms. The molecule has 0 rings (SSSR count). The van der Waals surface area contributed by atoms with Crippen molar-refractivity contribution in [3.8, 4) is 0 Å². The van der Waals surface area contributed by atoms with E-state index in [2.05, 4.69) is 48.7 Å². The SMILES string of the molecule is CC(C)(C)CNCCCCI. The molecule has 0 amide bonds. The highest BCUT2D eigenvalue weighted by molar-refractivity contribution is 14.1. The summed E-state index contributed by atoms with van der Waals surface area (Å²) in [5.74, 6) is 0. The van der Waals surface area contributed by atoms with Gasteiger partial charge in [-0.15, -0.1) is 0 Å². The molecule has 0 aromatic carbocycles. The number of nitrogens with one attached hydrogen (secondary N) is 1. The van der Waals surface area contributed by atoms with Crippen LogP contribution < -0.4 is 5.32 Å². The van der Waals surface area contributed by atoms with Crippen molar-refractivity contribution in [2.24, 2.45) is 5.41 Å². The van der Waals surface area contributed by atoms with Crippen LogP contribution in [0.15, 0.2) is 0 Å². The second-order valence-corrected chi connectivity index (χ2v) is 5.21. The largest absolute Gasteiger partial charge is 0.316 e. The maximum Gasteiger partial charge on any atom is -0.0000125 e. The number of halogens is 1. The fourth-order valence-corrected chi connectivity index (χ4v) is 1.35. The Kier molecular flexibility index (Phi) is 6.62. The van der Waals surface area contributed by atoms with E-state index in [4.69, 9.17) is 0 Å². The summed E-state index contributed by atoms with van der Waals surface area (Å²) >= 11 is 2.43. The summed E-state index contributed by atoms with van der Waals surface area (Å²) in [6.07, 6.45) is 2.66. The molecule has 1 N–H and O–H groups in total. The molecule has 0 aliphatic heterocycles. The predicted molar refractivity (Wildman–Crippen MR) is 60.4 cm³/mol. The van der Waals surface area contributed by atoms with Crippen molar-refractivity contribution in [1.82, 2.24) is 5.32 Å². The highest BCUT2D eigenvalue weighted by Crippen LogP contribution is 2.09. The smallest absolute Gasteiger partial charge is 0.0000125 e. The van der Waals surface area contributed by atoms with Gasteiger partial charge in [0.05, 0.1) is 0 Å². The minimum absolute atomic E-state index is 0.435. The van der Waals surface area contributed by atoms with Gasteiger partial charge in [-0.25, -0.2) is 0 Å². The highest BCUT2D eigenvalue weighted by atomic mass is 127. The molecule has 0 heterocycles. The number of hydrogen-bond acceptors (Lipinski definition) is 1. The second kappa shape index (κ2) is 6.23. The standard InChI is InChI=1S/C9H20IN/c1-9(2,3)8-11-7-5-4-6-10/h11H,4-8H2,1-3H3. The average Bonchev–Trinajstić information content (AvgIpc) is 1.85. The van der Waals surface area contributed by atoms with Gasteiger partial charge in [0.15, 0.2) is 0 Å². The van der Waals surface area contributed by atoms with E-state index >= 15 is 0 Å². The first-order valence-electron chi connectivity index (χ1n) is 4.33. The molecule has 11 heavy (non-hydrogen) atoms. The van der Waals surface area contributed by atoms with E-state index in [1.165, 1.54) is 23.8 Å². The average molecular weight is 269 g/mol. The summed E-state index contributed by atoms with van der Waals surface area (Å²) in [6.45, 7) is 9.10. The Labute approximate surface area is 84.5 Å². The summed E-state index contributed by atoms with van der Waals surface area (Å²) < 4.78 is 1.29. The van der Waals surface area contributed by atoms with Crippen molar-refractivity contribution in [2.45, 2.75) is 33.6 Å². The molecule has 0 aromatic rings. The lowest BCUT2D eigenvalue weighted by Crippen LogP contribution is -2.27. The van der Waals surface area contributed by atoms with Crippen LogP contribution in [0.4, 0.5) is 0 Å². The van der Waals surface area contributed by atoms with Gasteiger partial charge in [0, 0.05) is 0 Å². The van der Waals surface area contributed by atoms with Gasteiger partial charge in [-0.05, 0) is 35.8 Å². The molecule has 0 fully saturated rings. The van der Waals surface area contributed by atoms with Gasteiger partial charge in [0.2, 0.25) is 0 Å². The topological polar surface area (TPSA) is 12.0 Å². The lowest BCUT2D eigenvalue weighted by molar-refractivity contribution is 0.379. The molecule has 0 atom stereocenters. The van der Waals surface area contributed by atoms with Crippen LogP contribution >= 0.6 is 22.6 Å². The Morgan fingerprint density at radius 2 is 1.82 bits per heavy atom. The predicted octanol–water partition coefficient (Wildman–Crippen LogP) is 2.84. The van der Waals surface area contributed by atoms with Crippen molar-refractivity contribution in [3.63, 3.8) is 0 Å². The Morgan fingerprint density at radius 3 is 2.27 bits per heavy atom.